The SMILES string of the molecule is Cc1cnc(CCN=C(N(C)C)N(C)C)s1.I. The molecule has 17 heavy (non-hydrogen) atoms. The van der Waals surface area contributed by atoms with Crippen LogP contribution in [0.1, 0.15) is 9.88 Å². The van der Waals surface area contributed by atoms with Gasteiger partial charge < -0.3 is 9.80 Å². The van der Waals surface area contributed by atoms with Gasteiger partial charge in [-0.3, -0.25) is 4.99 Å². The molecule has 0 aliphatic heterocycles. The lowest BCUT2D eigenvalue weighted by Gasteiger charge is -2.22. The number of hydrogen-bond donors (Lipinski definition) is 0. The fourth-order valence-electron chi connectivity index (χ4n) is 1.45. The predicted octanol–water partition coefficient (Wildman–Crippen LogP) is 2.09. The molecule has 0 fully saturated rings. The first kappa shape index (κ1) is 16.6. The molecule has 0 amide bonds. The van der Waals surface area contributed by atoms with Crippen LogP contribution in [0.2, 0.25) is 0 Å². The van der Waals surface area contributed by atoms with Gasteiger partial charge in [0.25, 0.3) is 0 Å². The number of aromatic nitrogens is 1. The highest BCUT2D eigenvalue weighted by molar-refractivity contribution is 14.0. The van der Waals surface area contributed by atoms with Gasteiger partial charge in [0.15, 0.2) is 5.96 Å². The van der Waals surface area contributed by atoms with Crippen molar-refractivity contribution in [1.82, 2.24) is 14.8 Å². The van der Waals surface area contributed by atoms with Gasteiger partial charge in [-0.15, -0.1) is 35.3 Å². The summed E-state index contributed by atoms with van der Waals surface area (Å²) in [6.45, 7) is 2.87. The second-order valence-corrected chi connectivity index (χ2v) is 5.40. The van der Waals surface area contributed by atoms with Crippen LogP contribution in [0.15, 0.2) is 11.2 Å². The maximum atomic E-state index is 4.56. The average molecular weight is 368 g/mol. The Morgan fingerprint density at radius 1 is 1.29 bits per heavy atom. The van der Waals surface area contributed by atoms with Crippen LogP contribution in [0, 0.1) is 6.92 Å². The fourth-order valence-corrected chi connectivity index (χ4v) is 2.23. The van der Waals surface area contributed by atoms with E-state index >= 15 is 0 Å². The molecule has 0 aliphatic rings. The van der Waals surface area contributed by atoms with Crippen molar-refractivity contribution >= 4 is 41.3 Å². The van der Waals surface area contributed by atoms with Crippen molar-refractivity contribution in [2.75, 3.05) is 34.7 Å². The third-order valence-electron chi connectivity index (χ3n) is 2.05. The lowest BCUT2D eigenvalue weighted by Crippen LogP contribution is -2.35. The van der Waals surface area contributed by atoms with Crippen molar-refractivity contribution in [3.63, 3.8) is 0 Å². The molecule has 0 unspecified atom stereocenters. The number of hydrogen-bond acceptors (Lipinski definition) is 3. The number of nitrogens with zero attached hydrogens (tertiary/aromatic N) is 4. The molecular weight excluding hydrogens is 347 g/mol. The minimum atomic E-state index is 0. The van der Waals surface area contributed by atoms with Gasteiger partial charge in [-0.2, -0.15) is 0 Å². The van der Waals surface area contributed by atoms with E-state index in [2.05, 4.69) is 16.9 Å². The summed E-state index contributed by atoms with van der Waals surface area (Å²) in [5.74, 6) is 0.994. The van der Waals surface area contributed by atoms with Gasteiger partial charge in [0.2, 0.25) is 0 Å². The quantitative estimate of drug-likeness (QED) is 0.465. The lowest BCUT2D eigenvalue weighted by atomic mass is 10.4. The molecule has 0 N–H and O–H groups in total. The topological polar surface area (TPSA) is 31.7 Å². The lowest BCUT2D eigenvalue weighted by molar-refractivity contribution is 0.479. The predicted molar refractivity (Wildman–Crippen MR) is 85.6 cm³/mol. The Hall–Kier alpha value is -0.370. The Balaban J connectivity index is 0.00000256. The molecule has 98 valence electrons. The van der Waals surface area contributed by atoms with Crippen LogP contribution in [0.3, 0.4) is 0 Å². The third-order valence-corrected chi connectivity index (χ3v) is 3.02. The fraction of sp³-hybridized carbons (Fsp3) is 0.636. The highest BCUT2D eigenvalue weighted by Crippen LogP contribution is 2.11. The van der Waals surface area contributed by atoms with Crippen molar-refractivity contribution in [2.45, 2.75) is 13.3 Å². The van der Waals surface area contributed by atoms with E-state index < -0.39 is 0 Å². The van der Waals surface area contributed by atoms with E-state index in [9.17, 15) is 0 Å². The molecule has 0 saturated carbocycles. The zero-order valence-electron chi connectivity index (χ0n) is 11.1. The molecular formula is C11H21IN4S. The van der Waals surface area contributed by atoms with E-state index in [0.29, 0.717) is 0 Å². The number of rotatable bonds is 3. The first-order valence-corrected chi connectivity index (χ1v) is 6.12. The summed E-state index contributed by atoms with van der Waals surface area (Å²) in [5.41, 5.74) is 0. The maximum absolute atomic E-state index is 4.56. The standard InChI is InChI=1S/C11H20N4S.HI/c1-9-8-13-10(16-9)6-7-12-11(14(2)3)15(4)5;/h8H,6-7H2,1-5H3;1H. The van der Waals surface area contributed by atoms with E-state index in [1.165, 1.54) is 4.88 Å². The van der Waals surface area contributed by atoms with Gasteiger partial charge in [0.05, 0.1) is 5.01 Å². The summed E-state index contributed by atoms with van der Waals surface area (Å²) in [6.07, 6.45) is 2.84. The Kier molecular flexibility index (Phi) is 7.69. The summed E-state index contributed by atoms with van der Waals surface area (Å²) in [6, 6.07) is 0. The van der Waals surface area contributed by atoms with Gasteiger partial charge in [0.1, 0.15) is 0 Å². The molecule has 1 rings (SSSR count). The van der Waals surface area contributed by atoms with Crippen molar-refractivity contribution in [1.29, 1.82) is 0 Å². The Morgan fingerprint density at radius 2 is 1.88 bits per heavy atom. The van der Waals surface area contributed by atoms with Gasteiger partial charge in [-0.1, -0.05) is 0 Å². The van der Waals surface area contributed by atoms with Gasteiger partial charge in [0, 0.05) is 52.2 Å². The molecule has 1 heterocycles. The van der Waals surface area contributed by atoms with Crippen molar-refractivity contribution in [2.24, 2.45) is 4.99 Å². The Labute approximate surface area is 125 Å². The first-order valence-electron chi connectivity index (χ1n) is 5.31. The highest BCUT2D eigenvalue weighted by atomic mass is 127. The van der Waals surface area contributed by atoms with Crippen molar-refractivity contribution in [3.8, 4) is 0 Å². The van der Waals surface area contributed by atoms with E-state index in [4.69, 9.17) is 0 Å². The van der Waals surface area contributed by atoms with Crippen LogP contribution >= 0.6 is 35.3 Å². The largest absolute Gasteiger partial charge is 0.349 e. The number of thiazole rings is 1. The van der Waals surface area contributed by atoms with Crippen LogP contribution in [-0.4, -0.2) is 55.5 Å². The minimum absolute atomic E-state index is 0. The van der Waals surface area contributed by atoms with Crippen molar-refractivity contribution < 1.29 is 0 Å². The third kappa shape index (κ3) is 5.67. The smallest absolute Gasteiger partial charge is 0.195 e. The van der Waals surface area contributed by atoms with Gasteiger partial charge in [-0.05, 0) is 6.92 Å². The first-order chi connectivity index (χ1) is 7.50. The molecule has 1 aromatic rings. The minimum Gasteiger partial charge on any atom is -0.349 e. The summed E-state index contributed by atoms with van der Waals surface area (Å²) in [4.78, 5) is 14.2. The molecule has 0 bridgehead atoms. The zero-order valence-corrected chi connectivity index (χ0v) is 14.2. The molecule has 0 radical (unpaired) electrons. The highest BCUT2D eigenvalue weighted by Gasteiger charge is 2.04. The maximum Gasteiger partial charge on any atom is 0.195 e. The molecule has 4 nitrogen and oxygen atoms in total. The number of aryl methyl sites for hydroxylation is 1. The van der Waals surface area contributed by atoms with Crippen LogP contribution in [0.5, 0.6) is 0 Å². The van der Waals surface area contributed by atoms with Gasteiger partial charge in [-0.25, -0.2) is 4.98 Å². The molecule has 0 atom stereocenters. The Bertz CT molecular complexity index is 350. The zero-order chi connectivity index (χ0) is 12.1. The summed E-state index contributed by atoms with van der Waals surface area (Å²) in [7, 11) is 8.03. The molecule has 6 heteroatoms. The van der Waals surface area contributed by atoms with E-state index in [0.717, 1.165) is 23.9 Å². The number of aliphatic imine (C=N–C) groups is 1. The average Bonchev–Trinajstić information content (AvgIpc) is 2.57. The van der Waals surface area contributed by atoms with E-state index in [1.54, 1.807) is 11.3 Å². The molecule has 0 saturated heterocycles. The Morgan fingerprint density at radius 3 is 2.29 bits per heavy atom. The van der Waals surface area contributed by atoms with E-state index in [1.807, 2.05) is 44.2 Å². The van der Waals surface area contributed by atoms with Crippen LogP contribution in [0.4, 0.5) is 0 Å². The second-order valence-electron chi connectivity index (χ2n) is 4.09. The number of halogens is 1. The summed E-state index contributed by atoms with van der Waals surface area (Å²) >= 11 is 1.75. The molecule has 0 aliphatic carbocycles. The van der Waals surface area contributed by atoms with Crippen LogP contribution in [-0.2, 0) is 6.42 Å². The second kappa shape index (κ2) is 7.86. The van der Waals surface area contributed by atoms with Gasteiger partial charge >= 0.3 is 0 Å². The summed E-state index contributed by atoms with van der Waals surface area (Å²) in [5, 5.41) is 1.16. The monoisotopic (exact) mass is 368 g/mol. The summed E-state index contributed by atoms with van der Waals surface area (Å²) < 4.78 is 0. The van der Waals surface area contributed by atoms with Crippen LogP contribution in [0.25, 0.3) is 0 Å². The van der Waals surface area contributed by atoms with E-state index in [-0.39, 0.29) is 24.0 Å². The molecule has 0 aromatic carbocycles. The number of guanidine groups is 1. The van der Waals surface area contributed by atoms with Crippen molar-refractivity contribution in [3.05, 3.63) is 16.1 Å². The van der Waals surface area contributed by atoms with Crippen LogP contribution < -0.4 is 0 Å². The normalized spacial score (nSPS) is 9.47. The molecule has 1 aromatic heterocycles. The molecule has 0 spiro atoms.